The Balaban J connectivity index is 2.17. The second-order valence-corrected chi connectivity index (χ2v) is 4.37. The van der Waals surface area contributed by atoms with Crippen LogP contribution in [0.15, 0.2) is 42.5 Å². The van der Waals surface area contributed by atoms with Gasteiger partial charge >= 0.3 is 0 Å². The zero-order valence-electron chi connectivity index (χ0n) is 11.5. The van der Waals surface area contributed by atoms with Gasteiger partial charge in [0.15, 0.2) is 0 Å². The maximum absolute atomic E-state index is 12.8. The number of non-ortho nitro benzene ring substituents is 1. The SMILES string of the molecule is CCNc1ccc([N+](=O)[O-])cc1COc1ccc(F)cc1. The number of anilines is 1. The molecule has 0 amide bonds. The second-order valence-electron chi connectivity index (χ2n) is 4.37. The van der Waals surface area contributed by atoms with E-state index < -0.39 is 4.92 Å². The van der Waals surface area contributed by atoms with Crippen LogP contribution < -0.4 is 10.1 Å². The van der Waals surface area contributed by atoms with Crippen LogP contribution in [-0.4, -0.2) is 11.5 Å². The lowest BCUT2D eigenvalue weighted by molar-refractivity contribution is -0.384. The minimum Gasteiger partial charge on any atom is -0.489 e. The van der Waals surface area contributed by atoms with Crippen molar-refractivity contribution in [3.8, 4) is 5.75 Å². The Labute approximate surface area is 121 Å². The summed E-state index contributed by atoms with van der Waals surface area (Å²) in [7, 11) is 0. The van der Waals surface area contributed by atoms with E-state index in [1.165, 1.54) is 36.4 Å². The molecule has 0 fully saturated rings. The summed E-state index contributed by atoms with van der Waals surface area (Å²) in [5.41, 5.74) is 1.47. The van der Waals surface area contributed by atoms with Crippen LogP contribution in [-0.2, 0) is 6.61 Å². The fraction of sp³-hybridized carbons (Fsp3) is 0.200. The lowest BCUT2D eigenvalue weighted by Gasteiger charge is -2.12. The van der Waals surface area contributed by atoms with Crippen molar-refractivity contribution in [3.05, 3.63) is 64.0 Å². The highest BCUT2D eigenvalue weighted by atomic mass is 19.1. The number of nitrogens with zero attached hydrogens (tertiary/aromatic N) is 1. The molecule has 0 aliphatic heterocycles. The summed E-state index contributed by atoms with van der Waals surface area (Å²) in [5.74, 6) is 0.163. The van der Waals surface area contributed by atoms with Gasteiger partial charge in [0.25, 0.3) is 5.69 Å². The number of benzene rings is 2. The van der Waals surface area contributed by atoms with E-state index >= 15 is 0 Å². The average Bonchev–Trinajstić information content (AvgIpc) is 2.48. The third kappa shape index (κ3) is 3.92. The molecule has 2 aromatic rings. The molecule has 2 aromatic carbocycles. The van der Waals surface area contributed by atoms with E-state index in [-0.39, 0.29) is 18.1 Å². The monoisotopic (exact) mass is 290 g/mol. The van der Waals surface area contributed by atoms with Gasteiger partial charge in [-0.25, -0.2) is 4.39 Å². The molecule has 0 heterocycles. The van der Waals surface area contributed by atoms with Crippen molar-refractivity contribution in [3.63, 3.8) is 0 Å². The highest BCUT2D eigenvalue weighted by Crippen LogP contribution is 2.24. The van der Waals surface area contributed by atoms with Gasteiger partial charge in [-0.05, 0) is 37.3 Å². The maximum Gasteiger partial charge on any atom is 0.269 e. The zero-order valence-corrected chi connectivity index (χ0v) is 11.5. The lowest BCUT2D eigenvalue weighted by Crippen LogP contribution is -2.04. The van der Waals surface area contributed by atoms with E-state index in [0.29, 0.717) is 17.9 Å². The van der Waals surface area contributed by atoms with Crippen LogP contribution in [0.5, 0.6) is 5.75 Å². The van der Waals surface area contributed by atoms with E-state index in [1.807, 2.05) is 6.92 Å². The van der Waals surface area contributed by atoms with Gasteiger partial charge in [-0.3, -0.25) is 10.1 Å². The number of nitro benzene ring substituents is 1. The first-order chi connectivity index (χ1) is 10.1. The predicted molar refractivity (Wildman–Crippen MR) is 78.0 cm³/mol. The molecular formula is C15H15FN2O3. The maximum atomic E-state index is 12.8. The minimum atomic E-state index is -0.447. The largest absolute Gasteiger partial charge is 0.489 e. The van der Waals surface area contributed by atoms with Crippen LogP contribution in [0.25, 0.3) is 0 Å². The van der Waals surface area contributed by atoms with Gasteiger partial charge in [0.05, 0.1) is 4.92 Å². The first-order valence-corrected chi connectivity index (χ1v) is 6.49. The number of hydrogen-bond donors (Lipinski definition) is 1. The quantitative estimate of drug-likeness (QED) is 0.650. The molecule has 6 heteroatoms. The van der Waals surface area contributed by atoms with Gasteiger partial charge in [0, 0.05) is 29.9 Å². The minimum absolute atomic E-state index is 0.00867. The molecule has 0 aromatic heterocycles. The molecular weight excluding hydrogens is 275 g/mol. The number of nitro groups is 1. The van der Waals surface area contributed by atoms with Crippen LogP contribution >= 0.6 is 0 Å². The normalized spacial score (nSPS) is 10.2. The molecule has 0 radical (unpaired) electrons. The highest BCUT2D eigenvalue weighted by molar-refractivity contribution is 5.56. The highest BCUT2D eigenvalue weighted by Gasteiger charge is 2.11. The van der Waals surface area contributed by atoms with E-state index in [9.17, 15) is 14.5 Å². The molecule has 0 aliphatic carbocycles. The van der Waals surface area contributed by atoms with Crippen molar-refractivity contribution in [2.45, 2.75) is 13.5 Å². The fourth-order valence-corrected chi connectivity index (χ4v) is 1.87. The summed E-state index contributed by atoms with van der Waals surface area (Å²) < 4.78 is 18.4. The number of ether oxygens (including phenoxy) is 1. The second kappa shape index (κ2) is 6.69. The molecule has 21 heavy (non-hydrogen) atoms. The van der Waals surface area contributed by atoms with Crippen molar-refractivity contribution < 1.29 is 14.1 Å². The third-order valence-corrected chi connectivity index (χ3v) is 2.87. The summed E-state index contributed by atoms with van der Waals surface area (Å²) in [5, 5.41) is 14.0. The molecule has 1 N–H and O–H groups in total. The lowest BCUT2D eigenvalue weighted by atomic mass is 10.1. The van der Waals surface area contributed by atoms with E-state index in [4.69, 9.17) is 4.74 Å². The molecule has 0 aliphatic rings. The standard InChI is InChI=1S/C15H15FN2O3/c1-2-17-15-8-5-13(18(19)20)9-11(15)10-21-14-6-3-12(16)4-7-14/h3-9,17H,2,10H2,1H3. The van der Waals surface area contributed by atoms with E-state index in [1.54, 1.807) is 6.07 Å². The Morgan fingerprint density at radius 1 is 1.24 bits per heavy atom. The molecule has 5 nitrogen and oxygen atoms in total. The molecule has 0 saturated heterocycles. The van der Waals surface area contributed by atoms with Crippen molar-refractivity contribution in [2.24, 2.45) is 0 Å². The Morgan fingerprint density at radius 3 is 2.57 bits per heavy atom. The van der Waals surface area contributed by atoms with Crippen molar-refractivity contribution in [1.82, 2.24) is 0 Å². The first-order valence-electron chi connectivity index (χ1n) is 6.49. The van der Waals surface area contributed by atoms with E-state index in [2.05, 4.69) is 5.32 Å². The molecule has 2 rings (SSSR count). The van der Waals surface area contributed by atoms with Crippen LogP contribution in [0.3, 0.4) is 0 Å². The Morgan fingerprint density at radius 2 is 1.95 bits per heavy atom. The molecule has 0 atom stereocenters. The molecule has 0 bridgehead atoms. The molecule has 0 unspecified atom stereocenters. The number of rotatable bonds is 6. The summed E-state index contributed by atoms with van der Waals surface area (Å²) in [4.78, 5) is 10.4. The predicted octanol–water partition coefficient (Wildman–Crippen LogP) is 3.74. The van der Waals surface area contributed by atoms with Gasteiger partial charge in [0.2, 0.25) is 0 Å². The van der Waals surface area contributed by atoms with Crippen molar-refractivity contribution >= 4 is 11.4 Å². The Bertz CT molecular complexity index is 629. The van der Waals surface area contributed by atoms with Crippen molar-refractivity contribution in [2.75, 3.05) is 11.9 Å². The first kappa shape index (κ1) is 14.8. The van der Waals surface area contributed by atoms with Gasteiger partial charge in [-0.1, -0.05) is 0 Å². The fourth-order valence-electron chi connectivity index (χ4n) is 1.87. The number of hydrogen-bond acceptors (Lipinski definition) is 4. The summed E-state index contributed by atoms with van der Waals surface area (Å²) in [6, 6.07) is 10.2. The van der Waals surface area contributed by atoms with Gasteiger partial charge in [0.1, 0.15) is 18.2 Å². The zero-order chi connectivity index (χ0) is 15.2. The van der Waals surface area contributed by atoms with Crippen LogP contribution in [0.4, 0.5) is 15.8 Å². The molecule has 0 spiro atoms. The van der Waals surface area contributed by atoms with Gasteiger partial charge < -0.3 is 10.1 Å². The summed E-state index contributed by atoms with van der Waals surface area (Å²) >= 11 is 0. The smallest absolute Gasteiger partial charge is 0.269 e. The molecule has 110 valence electrons. The van der Waals surface area contributed by atoms with Gasteiger partial charge in [-0.15, -0.1) is 0 Å². The number of nitrogens with one attached hydrogen (secondary N) is 1. The topological polar surface area (TPSA) is 64.4 Å². The third-order valence-electron chi connectivity index (χ3n) is 2.87. The van der Waals surface area contributed by atoms with Gasteiger partial charge in [-0.2, -0.15) is 0 Å². The molecule has 0 saturated carbocycles. The van der Waals surface area contributed by atoms with Crippen LogP contribution in [0, 0.1) is 15.9 Å². The van der Waals surface area contributed by atoms with Crippen molar-refractivity contribution in [1.29, 1.82) is 0 Å². The number of halogens is 1. The average molecular weight is 290 g/mol. The van der Waals surface area contributed by atoms with Crippen LogP contribution in [0.1, 0.15) is 12.5 Å². The summed E-state index contributed by atoms with van der Waals surface area (Å²) in [6.45, 7) is 2.79. The summed E-state index contributed by atoms with van der Waals surface area (Å²) in [6.07, 6.45) is 0. The van der Waals surface area contributed by atoms with E-state index in [0.717, 1.165) is 5.69 Å². The van der Waals surface area contributed by atoms with Crippen LogP contribution in [0.2, 0.25) is 0 Å². The Kier molecular flexibility index (Phi) is 4.71. The Hall–Kier alpha value is -2.63.